The van der Waals surface area contributed by atoms with Crippen molar-refractivity contribution in [1.29, 1.82) is 0 Å². The van der Waals surface area contributed by atoms with Crippen LogP contribution in [0.1, 0.15) is 5.82 Å². The Kier molecular flexibility index (Phi) is 2.92. The van der Waals surface area contributed by atoms with Gasteiger partial charge in [-0.15, -0.1) is 0 Å². The second-order valence-electron chi connectivity index (χ2n) is 4.00. The average molecular weight is 275 g/mol. The molecule has 2 aromatic heterocycles. The molecule has 4 N–H and O–H groups in total. The van der Waals surface area contributed by atoms with Crippen molar-refractivity contribution < 1.29 is 0 Å². The maximum atomic E-state index is 5.82. The Labute approximate surface area is 114 Å². The van der Waals surface area contributed by atoms with Gasteiger partial charge in [-0.05, 0) is 24.3 Å². The molecule has 0 atom stereocenters. The SMILES string of the molecule is Nc1ncnc2nc(CNc3ccc(Cl)cc3)[nH]c12. The van der Waals surface area contributed by atoms with Crippen LogP contribution in [0.25, 0.3) is 11.2 Å². The van der Waals surface area contributed by atoms with Crippen LogP contribution in [0.4, 0.5) is 11.5 Å². The van der Waals surface area contributed by atoms with Gasteiger partial charge in [-0.2, -0.15) is 0 Å². The number of hydrogen-bond acceptors (Lipinski definition) is 5. The number of nitrogens with zero attached hydrogens (tertiary/aromatic N) is 3. The minimum absolute atomic E-state index is 0.398. The van der Waals surface area contributed by atoms with E-state index in [1.807, 2.05) is 24.3 Å². The highest BCUT2D eigenvalue weighted by atomic mass is 35.5. The van der Waals surface area contributed by atoms with Crippen LogP contribution in [0.3, 0.4) is 0 Å². The van der Waals surface area contributed by atoms with Crippen LogP contribution in [-0.2, 0) is 6.54 Å². The predicted octanol–water partition coefficient (Wildman–Crippen LogP) is 2.20. The molecule has 0 radical (unpaired) electrons. The van der Waals surface area contributed by atoms with E-state index in [4.69, 9.17) is 17.3 Å². The van der Waals surface area contributed by atoms with Gasteiger partial charge in [0.25, 0.3) is 0 Å². The van der Waals surface area contributed by atoms with E-state index in [-0.39, 0.29) is 0 Å². The number of anilines is 2. The maximum absolute atomic E-state index is 5.82. The first-order chi connectivity index (χ1) is 9.22. The molecule has 3 rings (SSSR count). The normalized spacial score (nSPS) is 10.8. The summed E-state index contributed by atoms with van der Waals surface area (Å²) < 4.78 is 0. The van der Waals surface area contributed by atoms with Gasteiger partial charge in [0, 0.05) is 10.7 Å². The first kappa shape index (κ1) is 11.7. The lowest BCUT2D eigenvalue weighted by Gasteiger charge is -2.03. The zero-order chi connectivity index (χ0) is 13.2. The first-order valence-corrected chi connectivity index (χ1v) is 6.04. The van der Waals surface area contributed by atoms with Gasteiger partial charge in [0.1, 0.15) is 17.7 Å². The molecule has 0 aliphatic heterocycles. The van der Waals surface area contributed by atoms with E-state index in [0.29, 0.717) is 28.5 Å². The summed E-state index contributed by atoms with van der Waals surface area (Å²) in [6.07, 6.45) is 1.40. The minimum atomic E-state index is 0.398. The van der Waals surface area contributed by atoms with Gasteiger partial charge in [-0.3, -0.25) is 0 Å². The number of fused-ring (bicyclic) bond motifs is 1. The molecule has 0 saturated heterocycles. The number of imidazole rings is 1. The van der Waals surface area contributed by atoms with Crippen LogP contribution in [-0.4, -0.2) is 19.9 Å². The van der Waals surface area contributed by atoms with E-state index < -0.39 is 0 Å². The molecular weight excluding hydrogens is 264 g/mol. The lowest BCUT2D eigenvalue weighted by Crippen LogP contribution is -2.00. The second kappa shape index (κ2) is 4.74. The topological polar surface area (TPSA) is 92.5 Å². The molecule has 0 amide bonds. The zero-order valence-corrected chi connectivity index (χ0v) is 10.6. The molecule has 3 aromatic rings. The Morgan fingerprint density at radius 3 is 2.74 bits per heavy atom. The molecule has 7 heteroatoms. The fraction of sp³-hybridized carbons (Fsp3) is 0.0833. The third kappa shape index (κ3) is 2.43. The lowest BCUT2D eigenvalue weighted by molar-refractivity contribution is 1.01. The van der Waals surface area contributed by atoms with Crippen LogP contribution >= 0.6 is 11.6 Å². The highest BCUT2D eigenvalue weighted by Gasteiger charge is 2.06. The van der Waals surface area contributed by atoms with Crippen LogP contribution in [0.2, 0.25) is 5.02 Å². The standard InChI is InChI=1S/C12H11ClN6/c13-7-1-3-8(4-2-7)15-5-9-18-10-11(14)16-6-17-12(10)19-9/h1-4,6,15H,5H2,(H3,14,16,17,18,19). The van der Waals surface area contributed by atoms with Gasteiger partial charge in [0.2, 0.25) is 0 Å². The number of H-pyrrole nitrogens is 1. The first-order valence-electron chi connectivity index (χ1n) is 5.67. The average Bonchev–Trinajstić information content (AvgIpc) is 2.83. The van der Waals surface area contributed by atoms with Crippen LogP contribution in [0.5, 0.6) is 0 Å². The number of halogens is 1. The van der Waals surface area contributed by atoms with Crippen LogP contribution in [0.15, 0.2) is 30.6 Å². The Hall–Kier alpha value is -2.34. The molecule has 0 aliphatic rings. The summed E-state index contributed by atoms with van der Waals surface area (Å²) >= 11 is 5.82. The molecule has 1 aromatic carbocycles. The number of hydrogen-bond donors (Lipinski definition) is 3. The van der Waals surface area contributed by atoms with Gasteiger partial charge in [0.05, 0.1) is 6.54 Å². The molecule has 0 unspecified atom stereocenters. The van der Waals surface area contributed by atoms with E-state index in [1.54, 1.807) is 0 Å². The van der Waals surface area contributed by atoms with Crippen molar-refractivity contribution in [2.45, 2.75) is 6.54 Å². The molecule has 0 saturated carbocycles. The van der Waals surface area contributed by atoms with Crippen LogP contribution in [0, 0.1) is 0 Å². The van der Waals surface area contributed by atoms with Gasteiger partial charge in [0.15, 0.2) is 11.5 Å². The Balaban J connectivity index is 1.78. The number of benzene rings is 1. The van der Waals surface area contributed by atoms with Crippen molar-refractivity contribution in [3.63, 3.8) is 0 Å². The molecule has 0 spiro atoms. The minimum Gasteiger partial charge on any atom is -0.382 e. The van der Waals surface area contributed by atoms with E-state index in [0.717, 1.165) is 11.5 Å². The highest BCUT2D eigenvalue weighted by Crippen LogP contribution is 2.16. The summed E-state index contributed by atoms with van der Waals surface area (Å²) in [6.45, 7) is 0.539. The summed E-state index contributed by atoms with van der Waals surface area (Å²) in [7, 11) is 0. The number of rotatable bonds is 3. The third-order valence-corrected chi connectivity index (χ3v) is 2.92. The summed E-state index contributed by atoms with van der Waals surface area (Å²) in [5, 5.41) is 3.93. The zero-order valence-electron chi connectivity index (χ0n) is 9.89. The number of nitrogens with one attached hydrogen (secondary N) is 2. The van der Waals surface area contributed by atoms with Crippen molar-refractivity contribution in [3.05, 3.63) is 41.4 Å². The van der Waals surface area contributed by atoms with Crippen molar-refractivity contribution in [1.82, 2.24) is 19.9 Å². The fourth-order valence-electron chi connectivity index (χ4n) is 1.73. The van der Waals surface area contributed by atoms with Gasteiger partial charge in [-0.25, -0.2) is 15.0 Å². The number of aromatic amines is 1. The lowest BCUT2D eigenvalue weighted by atomic mass is 10.3. The van der Waals surface area contributed by atoms with Gasteiger partial charge >= 0.3 is 0 Å². The molecule has 19 heavy (non-hydrogen) atoms. The molecular formula is C12H11ClN6. The molecule has 96 valence electrons. The molecule has 0 aliphatic carbocycles. The summed E-state index contributed by atoms with van der Waals surface area (Å²) in [4.78, 5) is 15.4. The number of nitrogen functional groups attached to an aromatic ring is 1. The van der Waals surface area contributed by atoms with Crippen LogP contribution < -0.4 is 11.1 Å². The Morgan fingerprint density at radius 2 is 2.00 bits per heavy atom. The fourth-order valence-corrected chi connectivity index (χ4v) is 1.86. The molecule has 2 heterocycles. The maximum Gasteiger partial charge on any atom is 0.183 e. The smallest absolute Gasteiger partial charge is 0.183 e. The van der Waals surface area contributed by atoms with E-state index in [2.05, 4.69) is 25.3 Å². The molecule has 0 fully saturated rings. The molecule has 6 nitrogen and oxygen atoms in total. The quantitative estimate of drug-likeness (QED) is 0.681. The third-order valence-electron chi connectivity index (χ3n) is 2.67. The summed E-state index contributed by atoms with van der Waals surface area (Å²) in [6, 6.07) is 7.45. The van der Waals surface area contributed by atoms with Crippen molar-refractivity contribution in [2.24, 2.45) is 0 Å². The molecule has 0 bridgehead atoms. The van der Waals surface area contributed by atoms with Crippen molar-refractivity contribution in [3.8, 4) is 0 Å². The predicted molar refractivity (Wildman–Crippen MR) is 74.9 cm³/mol. The summed E-state index contributed by atoms with van der Waals surface area (Å²) in [5.74, 6) is 1.15. The number of nitrogens with two attached hydrogens (primary N) is 1. The summed E-state index contributed by atoms with van der Waals surface area (Å²) in [5.41, 5.74) is 7.93. The Morgan fingerprint density at radius 1 is 1.21 bits per heavy atom. The van der Waals surface area contributed by atoms with Crippen molar-refractivity contribution in [2.75, 3.05) is 11.1 Å². The highest BCUT2D eigenvalue weighted by molar-refractivity contribution is 6.30. The Bertz CT molecular complexity index is 706. The van der Waals surface area contributed by atoms with E-state index in [9.17, 15) is 0 Å². The largest absolute Gasteiger partial charge is 0.382 e. The van der Waals surface area contributed by atoms with Gasteiger partial charge < -0.3 is 16.0 Å². The van der Waals surface area contributed by atoms with Gasteiger partial charge in [-0.1, -0.05) is 11.6 Å². The number of aromatic nitrogens is 4. The second-order valence-corrected chi connectivity index (χ2v) is 4.44. The monoisotopic (exact) mass is 274 g/mol. The van der Waals surface area contributed by atoms with Crippen molar-refractivity contribution >= 4 is 34.3 Å². The van der Waals surface area contributed by atoms with E-state index >= 15 is 0 Å². The van der Waals surface area contributed by atoms with E-state index in [1.165, 1.54) is 6.33 Å².